The minimum atomic E-state index is -3.37. The van der Waals surface area contributed by atoms with Gasteiger partial charge in [0.1, 0.15) is 0 Å². The normalized spacial score (nSPS) is 16.8. The van der Waals surface area contributed by atoms with Gasteiger partial charge in [-0.2, -0.15) is 17.0 Å². The van der Waals surface area contributed by atoms with Gasteiger partial charge in [-0.3, -0.25) is 0 Å². The fourth-order valence-electron chi connectivity index (χ4n) is 2.21. The topological polar surface area (TPSA) is 70.0 Å². The van der Waals surface area contributed by atoms with Crippen LogP contribution in [-0.4, -0.2) is 26.5 Å². The molecule has 1 aromatic carbocycles. The molecule has 1 N–H and O–H groups in total. The molecule has 0 atom stereocenters. The lowest BCUT2D eigenvalue weighted by atomic mass is 10.0. The number of nitriles is 1. The second-order valence-electron chi connectivity index (χ2n) is 4.93. The van der Waals surface area contributed by atoms with Crippen LogP contribution in [0, 0.1) is 17.2 Å². The Kier molecular flexibility index (Phi) is 5.46. The average Bonchev–Trinajstić information content (AvgIpc) is 2.47. The van der Waals surface area contributed by atoms with Gasteiger partial charge in [0.2, 0.25) is 10.0 Å². The molecule has 1 aromatic rings. The van der Waals surface area contributed by atoms with Crippen molar-refractivity contribution in [1.82, 2.24) is 4.72 Å². The molecule has 0 amide bonds. The highest BCUT2D eigenvalue weighted by atomic mass is 32.2. The van der Waals surface area contributed by atoms with E-state index in [0.29, 0.717) is 23.6 Å². The van der Waals surface area contributed by atoms with Crippen LogP contribution in [0.4, 0.5) is 0 Å². The molecule has 2 rings (SSSR count). The molecule has 108 valence electrons. The molecule has 0 saturated carbocycles. The van der Waals surface area contributed by atoms with E-state index in [-0.39, 0.29) is 5.75 Å². The summed E-state index contributed by atoms with van der Waals surface area (Å²) < 4.78 is 26.9. The van der Waals surface area contributed by atoms with Crippen LogP contribution < -0.4 is 4.72 Å². The third-order valence-corrected chi connectivity index (χ3v) is 5.76. The number of nitrogens with one attached hydrogen (secondary N) is 1. The van der Waals surface area contributed by atoms with Gasteiger partial charge in [-0.15, -0.1) is 0 Å². The van der Waals surface area contributed by atoms with Crippen molar-refractivity contribution in [3.05, 3.63) is 35.4 Å². The van der Waals surface area contributed by atoms with Crippen LogP contribution in [-0.2, 0) is 15.8 Å². The number of sulfonamides is 1. The maximum atomic E-state index is 12.1. The maximum Gasteiger partial charge on any atom is 0.215 e. The Morgan fingerprint density at radius 1 is 1.30 bits per heavy atom. The Bertz CT molecular complexity index is 587. The minimum absolute atomic E-state index is 0.127. The first-order valence-corrected chi connectivity index (χ1v) is 9.44. The van der Waals surface area contributed by atoms with Gasteiger partial charge in [0.15, 0.2) is 0 Å². The zero-order valence-corrected chi connectivity index (χ0v) is 12.8. The van der Waals surface area contributed by atoms with Crippen molar-refractivity contribution in [2.24, 2.45) is 5.92 Å². The molecule has 1 heterocycles. The van der Waals surface area contributed by atoms with Crippen molar-refractivity contribution in [1.29, 1.82) is 5.26 Å². The molecule has 0 bridgehead atoms. The molecule has 20 heavy (non-hydrogen) atoms. The zero-order chi connectivity index (χ0) is 14.4. The van der Waals surface area contributed by atoms with Gasteiger partial charge in [0.25, 0.3) is 0 Å². The summed E-state index contributed by atoms with van der Waals surface area (Å²) in [6.07, 6.45) is 2.14. The van der Waals surface area contributed by atoms with Gasteiger partial charge in [-0.25, -0.2) is 13.1 Å². The van der Waals surface area contributed by atoms with Gasteiger partial charge >= 0.3 is 0 Å². The highest BCUT2D eigenvalue weighted by Crippen LogP contribution is 2.22. The fraction of sp³-hybridized carbons (Fsp3) is 0.500. The molecule has 0 aromatic heterocycles. The van der Waals surface area contributed by atoms with E-state index in [4.69, 9.17) is 5.26 Å². The molecular weight excluding hydrogens is 292 g/mol. The Balaban J connectivity index is 1.95. The highest BCUT2D eigenvalue weighted by Gasteiger charge is 2.18. The van der Waals surface area contributed by atoms with E-state index in [9.17, 15) is 8.42 Å². The Morgan fingerprint density at radius 3 is 2.70 bits per heavy atom. The number of hydrogen-bond acceptors (Lipinski definition) is 4. The molecule has 1 aliphatic heterocycles. The summed E-state index contributed by atoms with van der Waals surface area (Å²) in [5.41, 5.74) is 0.980. The van der Waals surface area contributed by atoms with Crippen LogP contribution >= 0.6 is 11.8 Å². The zero-order valence-electron chi connectivity index (χ0n) is 11.2. The Morgan fingerprint density at radius 2 is 2.00 bits per heavy atom. The first-order chi connectivity index (χ1) is 9.61. The van der Waals surface area contributed by atoms with E-state index in [2.05, 4.69) is 4.72 Å². The van der Waals surface area contributed by atoms with Crippen molar-refractivity contribution in [2.75, 3.05) is 18.1 Å². The van der Waals surface area contributed by atoms with E-state index in [1.165, 1.54) is 0 Å². The standard InChI is InChI=1S/C14H18N2O2S2/c15-9-13-3-1-2-4-14(13)11-20(17,18)16-10-12-5-7-19-8-6-12/h1-4,12,16H,5-8,10-11H2. The van der Waals surface area contributed by atoms with E-state index in [1.807, 2.05) is 17.8 Å². The highest BCUT2D eigenvalue weighted by molar-refractivity contribution is 7.99. The first-order valence-electron chi connectivity index (χ1n) is 6.64. The average molecular weight is 310 g/mol. The van der Waals surface area contributed by atoms with Crippen LogP contribution in [0.25, 0.3) is 0 Å². The van der Waals surface area contributed by atoms with Gasteiger partial charge in [0, 0.05) is 6.54 Å². The van der Waals surface area contributed by atoms with E-state index in [1.54, 1.807) is 24.3 Å². The van der Waals surface area contributed by atoms with E-state index < -0.39 is 10.0 Å². The quantitative estimate of drug-likeness (QED) is 0.904. The van der Waals surface area contributed by atoms with Crippen molar-refractivity contribution in [3.63, 3.8) is 0 Å². The lowest BCUT2D eigenvalue weighted by Gasteiger charge is -2.21. The third-order valence-electron chi connectivity index (χ3n) is 3.42. The summed E-state index contributed by atoms with van der Waals surface area (Å²) in [5.74, 6) is 2.54. The summed E-state index contributed by atoms with van der Waals surface area (Å²) >= 11 is 1.93. The monoisotopic (exact) mass is 310 g/mol. The van der Waals surface area contributed by atoms with Gasteiger partial charge in [-0.05, 0) is 41.9 Å². The molecule has 1 fully saturated rings. The molecule has 0 radical (unpaired) electrons. The molecular formula is C14H18N2O2S2. The third kappa shape index (κ3) is 4.51. The summed E-state index contributed by atoms with van der Waals surface area (Å²) in [4.78, 5) is 0. The Hall–Kier alpha value is -1.03. The summed E-state index contributed by atoms with van der Waals surface area (Å²) in [7, 11) is -3.37. The number of benzene rings is 1. The molecule has 0 unspecified atom stereocenters. The predicted octanol–water partition coefficient (Wildman–Crippen LogP) is 2.12. The summed E-state index contributed by atoms with van der Waals surface area (Å²) in [5, 5.41) is 8.98. The van der Waals surface area contributed by atoms with E-state index >= 15 is 0 Å². The molecule has 1 saturated heterocycles. The predicted molar refractivity (Wildman–Crippen MR) is 81.8 cm³/mol. The molecule has 1 aliphatic rings. The minimum Gasteiger partial charge on any atom is -0.215 e. The number of rotatable bonds is 5. The van der Waals surface area contributed by atoms with Crippen LogP contribution in [0.2, 0.25) is 0 Å². The summed E-state index contributed by atoms with van der Waals surface area (Å²) in [6, 6.07) is 8.85. The summed E-state index contributed by atoms with van der Waals surface area (Å²) in [6.45, 7) is 0.512. The molecule has 0 aliphatic carbocycles. The van der Waals surface area contributed by atoms with Gasteiger partial charge in [0.05, 0.1) is 17.4 Å². The van der Waals surface area contributed by atoms with Crippen LogP contribution in [0.15, 0.2) is 24.3 Å². The van der Waals surface area contributed by atoms with Crippen LogP contribution in [0.3, 0.4) is 0 Å². The lowest BCUT2D eigenvalue weighted by Crippen LogP contribution is -2.32. The number of nitrogens with zero attached hydrogens (tertiary/aromatic N) is 1. The smallest absolute Gasteiger partial charge is 0.215 e. The maximum absolute atomic E-state index is 12.1. The largest absolute Gasteiger partial charge is 0.215 e. The van der Waals surface area contributed by atoms with Crippen molar-refractivity contribution >= 4 is 21.8 Å². The second-order valence-corrected chi connectivity index (χ2v) is 7.96. The fourth-order valence-corrected chi connectivity index (χ4v) is 4.66. The molecule has 4 nitrogen and oxygen atoms in total. The van der Waals surface area contributed by atoms with Crippen LogP contribution in [0.1, 0.15) is 24.0 Å². The Labute approximate surface area is 124 Å². The van der Waals surface area contributed by atoms with Gasteiger partial charge < -0.3 is 0 Å². The molecule has 0 spiro atoms. The number of thioether (sulfide) groups is 1. The van der Waals surface area contributed by atoms with Gasteiger partial charge in [-0.1, -0.05) is 18.2 Å². The first kappa shape index (κ1) is 15.4. The van der Waals surface area contributed by atoms with E-state index in [0.717, 1.165) is 24.3 Å². The number of hydrogen-bond donors (Lipinski definition) is 1. The molecule has 6 heteroatoms. The van der Waals surface area contributed by atoms with Crippen molar-refractivity contribution < 1.29 is 8.42 Å². The van der Waals surface area contributed by atoms with Crippen molar-refractivity contribution in [3.8, 4) is 6.07 Å². The van der Waals surface area contributed by atoms with Crippen molar-refractivity contribution in [2.45, 2.75) is 18.6 Å². The lowest BCUT2D eigenvalue weighted by molar-refractivity contribution is 0.476. The van der Waals surface area contributed by atoms with Crippen LogP contribution in [0.5, 0.6) is 0 Å². The second kappa shape index (κ2) is 7.11. The SMILES string of the molecule is N#Cc1ccccc1CS(=O)(=O)NCC1CCSCC1.